The van der Waals surface area contributed by atoms with Gasteiger partial charge in [-0.05, 0) is 17.5 Å². The fraction of sp³-hybridized carbons (Fsp3) is 0.562. The summed E-state index contributed by atoms with van der Waals surface area (Å²) >= 11 is 0. The molecule has 1 amide bonds. The standard InChI is InChI=1S/C16H25NO2/c1-5-6-12-7-9-13(10-8-12)14(18)11-17-15(19)16(2,3)4/h7-10,14,18H,5-6,11H2,1-4H3,(H,17,19). The monoisotopic (exact) mass is 263 g/mol. The summed E-state index contributed by atoms with van der Waals surface area (Å²) in [6.45, 7) is 7.96. The van der Waals surface area contributed by atoms with E-state index in [1.165, 1.54) is 5.56 Å². The average molecular weight is 263 g/mol. The van der Waals surface area contributed by atoms with Crippen LogP contribution in [0.5, 0.6) is 0 Å². The summed E-state index contributed by atoms with van der Waals surface area (Å²) in [6.07, 6.45) is 1.52. The maximum absolute atomic E-state index is 11.7. The normalized spacial score (nSPS) is 13.1. The van der Waals surface area contributed by atoms with Gasteiger partial charge in [-0.15, -0.1) is 0 Å². The summed E-state index contributed by atoms with van der Waals surface area (Å²) in [7, 11) is 0. The number of aliphatic hydroxyl groups is 1. The maximum Gasteiger partial charge on any atom is 0.225 e. The molecule has 0 spiro atoms. The second-order valence-electron chi connectivity index (χ2n) is 5.97. The molecule has 106 valence electrons. The van der Waals surface area contributed by atoms with Crippen molar-refractivity contribution in [1.82, 2.24) is 5.32 Å². The van der Waals surface area contributed by atoms with Gasteiger partial charge in [-0.25, -0.2) is 0 Å². The van der Waals surface area contributed by atoms with Crippen molar-refractivity contribution in [2.24, 2.45) is 5.41 Å². The Morgan fingerprint density at radius 1 is 1.26 bits per heavy atom. The molecule has 0 aliphatic carbocycles. The van der Waals surface area contributed by atoms with Gasteiger partial charge in [0.1, 0.15) is 0 Å². The number of hydrogen-bond donors (Lipinski definition) is 2. The van der Waals surface area contributed by atoms with Crippen LogP contribution in [0.4, 0.5) is 0 Å². The Kier molecular flexibility index (Phi) is 5.55. The summed E-state index contributed by atoms with van der Waals surface area (Å²) in [5.74, 6) is -0.0471. The van der Waals surface area contributed by atoms with Crippen LogP contribution >= 0.6 is 0 Å². The number of aryl methyl sites for hydroxylation is 1. The van der Waals surface area contributed by atoms with Crippen LogP contribution in [0.15, 0.2) is 24.3 Å². The molecule has 1 aromatic carbocycles. The molecule has 0 aromatic heterocycles. The predicted octanol–water partition coefficient (Wildman–Crippen LogP) is 2.83. The number of amides is 1. The van der Waals surface area contributed by atoms with E-state index in [1.54, 1.807) is 0 Å². The molecule has 0 aliphatic heterocycles. The van der Waals surface area contributed by atoms with Crippen LogP contribution in [0.2, 0.25) is 0 Å². The average Bonchev–Trinajstić information content (AvgIpc) is 2.35. The van der Waals surface area contributed by atoms with Crippen LogP contribution in [0.3, 0.4) is 0 Å². The highest BCUT2D eigenvalue weighted by atomic mass is 16.3. The Bertz CT molecular complexity index is 404. The van der Waals surface area contributed by atoms with E-state index >= 15 is 0 Å². The molecule has 2 N–H and O–H groups in total. The lowest BCUT2D eigenvalue weighted by molar-refractivity contribution is -0.128. The van der Waals surface area contributed by atoms with Crippen molar-refractivity contribution >= 4 is 5.91 Å². The van der Waals surface area contributed by atoms with Crippen LogP contribution in [-0.2, 0) is 11.2 Å². The lowest BCUT2D eigenvalue weighted by atomic mass is 9.95. The molecular formula is C16H25NO2. The highest BCUT2D eigenvalue weighted by Crippen LogP contribution is 2.16. The van der Waals surface area contributed by atoms with Gasteiger partial charge in [-0.3, -0.25) is 4.79 Å². The van der Waals surface area contributed by atoms with Crippen molar-refractivity contribution in [1.29, 1.82) is 0 Å². The number of carbonyl (C=O) groups excluding carboxylic acids is 1. The van der Waals surface area contributed by atoms with E-state index in [0.717, 1.165) is 18.4 Å². The van der Waals surface area contributed by atoms with Crippen LogP contribution < -0.4 is 5.32 Å². The first kappa shape index (κ1) is 15.7. The third-order valence-electron chi connectivity index (χ3n) is 3.04. The minimum Gasteiger partial charge on any atom is -0.387 e. The molecule has 0 aliphatic rings. The van der Waals surface area contributed by atoms with E-state index in [9.17, 15) is 9.90 Å². The fourth-order valence-electron chi connectivity index (χ4n) is 1.77. The second-order valence-corrected chi connectivity index (χ2v) is 5.97. The van der Waals surface area contributed by atoms with E-state index in [0.29, 0.717) is 0 Å². The first-order valence-electron chi connectivity index (χ1n) is 6.89. The molecule has 0 heterocycles. The fourth-order valence-corrected chi connectivity index (χ4v) is 1.77. The minimum absolute atomic E-state index is 0.0471. The highest BCUT2D eigenvalue weighted by molar-refractivity contribution is 5.81. The predicted molar refractivity (Wildman–Crippen MR) is 77.9 cm³/mol. The summed E-state index contributed by atoms with van der Waals surface area (Å²) in [5, 5.41) is 12.8. The van der Waals surface area contributed by atoms with Crippen molar-refractivity contribution in [2.45, 2.75) is 46.6 Å². The zero-order valence-electron chi connectivity index (χ0n) is 12.4. The Morgan fingerprint density at radius 3 is 2.32 bits per heavy atom. The van der Waals surface area contributed by atoms with Gasteiger partial charge in [-0.1, -0.05) is 58.4 Å². The summed E-state index contributed by atoms with van der Waals surface area (Å²) in [6, 6.07) is 7.93. The molecule has 0 bridgehead atoms. The molecular weight excluding hydrogens is 238 g/mol. The number of rotatable bonds is 5. The SMILES string of the molecule is CCCc1ccc(C(O)CNC(=O)C(C)(C)C)cc1. The number of benzene rings is 1. The van der Waals surface area contributed by atoms with Gasteiger partial charge in [0.15, 0.2) is 0 Å². The largest absolute Gasteiger partial charge is 0.387 e. The van der Waals surface area contributed by atoms with Crippen molar-refractivity contribution in [3.8, 4) is 0 Å². The molecule has 3 heteroatoms. The smallest absolute Gasteiger partial charge is 0.225 e. The van der Waals surface area contributed by atoms with Crippen LogP contribution in [0.1, 0.15) is 51.3 Å². The summed E-state index contributed by atoms with van der Waals surface area (Å²) in [4.78, 5) is 11.7. The van der Waals surface area contributed by atoms with Crippen LogP contribution in [0, 0.1) is 5.41 Å². The van der Waals surface area contributed by atoms with Crippen molar-refractivity contribution in [2.75, 3.05) is 6.54 Å². The number of hydrogen-bond acceptors (Lipinski definition) is 2. The molecule has 19 heavy (non-hydrogen) atoms. The van der Waals surface area contributed by atoms with E-state index in [-0.39, 0.29) is 12.5 Å². The van der Waals surface area contributed by atoms with Gasteiger partial charge in [0.25, 0.3) is 0 Å². The first-order valence-corrected chi connectivity index (χ1v) is 6.89. The molecule has 3 nitrogen and oxygen atoms in total. The van der Waals surface area contributed by atoms with Gasteiger partial charge < -0.3 is 10.4 Å². The number of aliphatic hydroxyl groups excluding tert-OH is 1. The van der Waals surface area contributed by atoms with Gasteiger partial charge in [0.05, 0.1) is 6.10 Å². The molecule has 1 unspecified atom stereocenters. The quantitative estimate of drug-likeness (QED) is 0.858. The van der Waals surface area contributed by atoms with Gasteiger partial charge in [-0.2, -0.15) is 0 Å². The number of nitrogens with one attached hydrogen (secondary N) is 1. The van der Waals surface area contributed by atoms with Crippen molar-refractivity contribution < 1.29 is 9.90 Å². The number of carbonyl (C=O) groups is 1. The van der Waals surface area contributed by atoms with E-state index in [4.69, 9.17) is 0 Å². The second kappa shape index (κ2) is 6.71. The summed E-state index contributed by atoms with van der Waals surface area (Å²) < 4.78 is 0. The van der Waals surface area contributed by atoms with E-state index < -0.39 is 11.5 Å². The van der Waals surface area contributed by atoms with Gasteiger partial charge >= 0.3 is 0 Å². The van der Waals surface area contributed by atoms with E-state index in [1.807, 2.05) is 45.0 Å². The van der Waals surface area contributed by atoms with Crippen LogP contribution in [0.25, 0.3) is 0 Å². The molecule has 0 saturated heterocycles. The Labute approximate surface area is 116 Å². The lowest BCUT2D eigenvalue weighted by Crippen LogP contribution is -2.37. The zero-order chi connectivity index (χ0) is 14.5. The minimum atomic E-state index is -0.651. The highest BCUT2D eigenvalue weighted by Gasteiger charge is 2.21. The molecule has 1 aromatic rings. The van der Waals surface area contributed by atoms with Gasteiger partial charge in [0.2, 0.25) is 5.91 Å². The first-order chi connectivity index (χ1) is 8.84. The van der Waals surface area contributed by atoms with Crippen LogP contribution in [-0.4, -0.2) is 17.6 Å². The Morgan fingerprint density at radius 2 is 1.84 bits per heavy atom. The maximum atomic E-state index is 11.7. The molecule has 1 rings (SSSR count). The van der Waals surface area contributed by atoms with Gasteiger partial charge in [0, 0.05) is 12.0 Å². The topological polar surface area (TPSA) is 49.3 Å². The third kappa shape index (κ3) is 5.03. The Balaban J connectivity index is 2.54. The third-order valence-corrected chi connectivity index (χ3v) is 3.04. The lowest BCUT2D eigenvalue weighted by Gasteiger charge is -2.19. The van der Waals surface area contributed by atoms with Crippen molar-refractivity contribution in [3.63, 3.8) is 0 Å². The summed E-state index contributed by atoms with van der Waals surface area (Å²) in [5.41, 5.74) is 1.69. The van der Waals surface area contributed by atoms with E-state index in [2.05, 4.69) is 12.2 Å². The van der Waals surface area contributed by atoms with Crippen molar-refractivity contribution in [3.05, 3.63) is 35.4 Å². The molecule has 0 saturated carbocycles. The molecule has 0 fully saturated rings. The Hall–Kier alpha value is -1.35. The zero-order valence-corrected chi connectivity index (χ0v) is 12.4. The molecule has 1 atom stereocenters. The molecule has 0 radical (unpaired) electrons.